The van der Waals surface area contributed by atoms with E-state index < -0.39 is 5.82 Å². The molecular formula is C22H14ClFN2O3. The molecule has 2 heterocycles. The largest absolute Gasteiger partial charge is 0.487 e. The Kier molecular flexibility index (Phi) is 5.10. The summed E-state index contributed by atoms with van der Waals surface area (Å²) < 4.78 is 20.0. The van der Waals surface area contributed by atoms with Gasteiger partial charge in [-0.2, -0.15) is 0 Å². The lowest BCUT2D eigenvalue weighted by Crippen LogP contribution is -2.16. The first-order valence-electron chi connectivity index (χ1n) is 8.70. The minimum Gasteiger partial charge on any atom is -0.487 e. The molecule has 0 saturated heterocycles. The van der Waals surface area contributed by atoms with E-state index in [9.17, 15) is 14.0 Å². The van der Waals surface area contributed by atoms with Crippen LogP contribution in [0, 0.1) is 5.82 Å². The Morgan fingerprint density at radius 1 is 1.00 bits per heavy atom. The predicted octanol–water partition coefficient (Wildman–Crippen LogP) is 4.30. The molecule has 0 fully saturated rings. The van der Waals surface area contributed by atoms with E-state index in [0.29, 0.717) is 33.2 Å². The van der Waals surface area contributed by atoms with E-state index in [0.717, 1.165) is 0 Å². The zero-order chi connectivity index (χ0) is 20.4. The second-order valence-corrected chi connectivity index (χ2v) is 6.75. The lowest BCUT2D eigenvalue weighted by Gasteiger charge is -2.08. The molecule has 0 aliphatic carbocycles. The third-order valence-electron chi connectivity index (χ3n) is 4.29. The third-order valence-corrected chi connectivity index (χ3v) is 4.51. The molecule has 0 radical (unpaired) electrons. The molecule has 0 bridgehead atoms. The second kappa shape index (κ2) is 7.85. The van der Waals surface area contributed by atoms with Crippen LogP contribution in [-0.4, -0.2) is 15.2 Å². The summed E-state index contributed by atoms with van der Waals surface area (Å²) in [6, 6.07) is 16.7. The lowest BCUT2D eigenvalue weighted by molar-refractivity contribution is 0.103. The quantitative estimate of drug-likeness (QED) is 0.462. The summed E-state index contributed by atoms with van der Waals surface area (Å²) in [4.78, 5) is 29.0. The average molecular weight is 409 g/mol. The van der Waals surface area contributed by atoms with Gasteiger partial charge in [-0.3, -0.25) is 14.0 Å². The topological polar surface area (TPSA) is 60.7 Å². The van der Waals surface area contributed by atoms with Crippen LogP contribution < -0.4 is 10.3 Å². The Hall–Kier alpha value is -3.51. The van der Waals surface area contributed by atoms with Gasteiger partial charge in [0.15, 0.2) is 5.78 Å². The summed E-state index contributed by atoms with van der Waals surface area (Å²) in [6.45, 7) is 0.0968. The van der Waals surface area contributed by atoms with Crippen molar-refractivity contribution in [2.45, 2.75) is 6.61 Å². The van der Waals surface area contributed by atoms with E-state index in [1.54, 1.807) is 36.4 Å². The highest BCUT2D eigenvalue weighted by Gasteiger charge is 2.10. The first-order valence-corrected chi connectivity index (χ1v) is 9.08. The zero-order valence-corrected chi connectivity index (χ0v) is 15.8. The molecular weight excluding hydrogens is 395 g/mol. The highest BCUT2D eigenvalue weighted by atomic mass is 35.5. The van der Waals surface area contributed by atoms with Gasteiger partial charge >= 0.3 is 0 Å². The normalized spacial score (nSPS) is 10.8. The van der Waals surface area contributed by atoms with Gasteiger partial charge in [0.1, 0.15) is 23.8 Å². The van der Waals surface area contributed by atoms with Crippen LogP contribution >= 0.6 is 11.6 Å². The maximum absolute atomic E-state index is 13.0. The monoisotopic (exact) mass is 408 g/mol. The fourth-order valence-corrected chi connectivity index (χ4v) is 2.99. The van der Waals surface area contributed by atoms with E-state index in [1.165, 1.54) is 40.9 Å². The standard InChI is InChI=1S/C22H14ClFN2O3/c23-16-5-10-20-25-18(11-21(27)26(20)12-16)13-29-19-8-3-15(4-9-19)22(28)14-1-6-17(24)7-2-14/h1-12H,13H2. The number of fused-ring (bicyclic) bond motifs is 1. The van der Waals surface area contributed by atoms with Crippen LogP contribution in [0.15, 0.2) is 77.7 Å². The van der Waals surface area contributed by atoms with Gasteiger partial charge in [-0.25, -0.2) is 9.37 Å². The Balaban J connectivity index is 1.47. The van der Waals surface area contributed by atoms with Gasteiger partial charge in [0.25, 0.3) is 5.56 Å². The molecule has 0 aliphatic heterocycles. The summed E-state index contributed by atoms with van der Waals surface area (Å²) in [5, 5.41) is 0.445. The number of hydrogen-bond acceptors (Lipinski definition) is 4. The lowest BCUT2D eigenvalue weighted by atomic mass is 10.0. The number of hydrogen-bond donors (Lipinski definition) is 0. The molecule has 4 rings (SSSR count). The van der Waals surface area contributed by atoms with E-state index in [2.05, 4.69) is 4.98 Å². The fraction of sp³-hybridized carbons (Fsp3) is 0.0455. The van der Waals surface area contributed by atoms with Crippen molar-refractivity contribution in [2.24, 2.45) is 0 Å². The fourth-order valence-electron chi connectivity index (χ4n) is 2.83. The van der Waals surface area contributed by atoms with Crippen molar-refractivity contribution in [3.8, 4) is 5.75 Å². The molecule has 2 aromatic heterocycles. The number of benzene rings is 2. The second-order valence-electron chi connectivity index (χ2n) is 6.31. The predicted molar refractivity (Wildman–Crippen MR) is 107 cm³/mol. The molecule has 144 valence electrons. The zero-order valence-electron chi connectivity index (χ0n) is 15.0. The van der Waals surface area contributed by atoms with Gasteiger partial charge in [-0.1, -0.05) is 11.6 Å². The Morgan fingerprint density at radius 2 is 1.66 bits per heavy atom. The SMILES string of the molecule is O=C(c1ccc(F)cc1)c1ccc(OCc2cc(=O)n3cc(Cl)ccc3n2)cc1. The van der Waals surface area contributed by atoms with E-state index in [1.807, 2.05) is 0 Å². The number of carbonyl (C=O) groups is 1. The average Bonchev–Trinajstić information content (AvgIpc) is 2.73. The summed E-state index contributed by atoms with van der Waals surface area (Å²) in [7, 11) is 0. The minimum atomic E-state index is -0.393. The molecule has 5 nitrogen and oxygen atoms in total. The van der Waals surface area contributed by atoms with E-state index >= 15 is 0 Å². The number of pyridine rings is 1. The first kappa shape index (κ1) is 18.8. The van der Waals surface area contributed by atoms with Crippen LogP contribution in [0.2, 0.25) is 5.02 Å². The molecule has 0 atom stereocenters. The van der Waals surface area contributed by atoms with Crippen molar-refractivity contribution < 1.29 is 13.9 Å². The summed E-state index contributed by atoms with van der Waals surface area (Å²) >= 11 is 5.90. The molecule has 4 aromatic rings. The van der Waals surface area contributed by atoms with Crippen molar-refractivity contribution in [3.63, 3.8) is 0 Å². The molecule has 7 heteroatoms. The third kappa shape index (κ3) is 4.17. The van der Waals surface area contributed by atoms with Crippen molar-refractivity contribution in [1.82, 2.24) is 9.38 Å². The van der Waals surface area contributed by atoms with Gasteiger partial charge in [0, 0.05) is 23.4 Å². The maximum atomic E-state index is 13.0. The van der Waals surface area contributed by atoms with Crippen LogP contribution in [0.3, 0.4) is 0 Å². The smallest absolute Gasteiger partial charge is 0.258 e. The number of ketones is 1. The van der Waals surface area contributed by atoms with Gasteiger partial charge < -0.3 is 4.74 Å². The van der Waals surface area contributed by atoms with Gasteiger partial charge in [-0.15, -0.1) is 0 Å². The van der Waals surface area contributed by atoms with E-state index in [-0.39, 0.29) is 17.9 Å². The molecule has 0 saturated carbocycles. The summed E-state index contributed by atoms with van der Waals surface area (Å²) in [5.41, 5.74) is 1.56. The van der Waals surface area contributed by atoms with Gasteiger partial charge in [0.05, 0.1) is 10.7 Å². The molecule has 0 unspecified atom stereocenters. The van der Waals surface area contributed by atoms with Gasteiger partial charge in [0.2, 0.25) is 0 Å². The summed E-state index contributed by atoms with van der Waals surface area (Å²) in [5.74, 6) is -0.0754. The molecule has 29 heavy (non-hydrogen) atoms. The highest BCUT2D eigenvalue weighted by Crippen LogP contribution is 2.17. The Morgan fingerprint density at radius 3 is 2.34 bits per heavy atom. The maximum Gasteiger partial charge on any atom is 0.258 e. The van der Waals surface area contributed by atoms with Crippen molar-refractivity contribution in [3.05, 3.63) is 111 Å². The number of nitrogens with zero attached hydrogens (tertiary/aromatic N) is 2. The number of ether oxygens (including phenoxy) is 1. The van der Waals surface area contributed by atoms with Crippen LogP contribution in [0.1, 0.15) is 21.6 Å². The summed E-state index contributed by atoms with van der Waals surface area (Å²) in [6.07, 6.45) is 1.51. The van der Waals surface area contributed by atoms with Crippen molar-refractivity contribution >= 4 is 23.0 Å². The number of rotatable bonds is 5. The Labute approximate surface area is 170 Å². The molecule has 2 aromatic carbocycles. The Bertz CT molecular complexity index is 1250. The molecule has 0 amide bonds. The van der Waals surface area contributed by atoms with Gasteiger partial charge in [-0.05, 0) is 60.7 Å². The highest BCUT2D eigenvalue weighted by molar-refractivity contribution is 6.30. The van der Waals surface area contributed by atoms with Crippen LogP contribution in [0.25, 0.3) is 5.65 Å². The van der Waals surface area contributed by atoms with Crippen molar-refractivity contribution in [1.29, 1.82) is 0 Å². The van der Waals surface area contributed by atoms with Crippen LogP contribution in [0.4, 0.5) is 4.39 Å². The molecule has 0 spiro atoms. The molecule has 0 aliphatic rings. The number of halogens is 2. The van der Waals surface area contributed by atoms with E-state index in [4.69, 9.17) is 16.3 Å². The first-order chi connectivity index (χ1) is 14.0. The van der Waals surface area contributed by atoms with Crippen LogP contribution in [0.5, 0.6) is 5.75 Å². The number of carbonyl (C=O) groups excluding carboxylic acids is 1. The van der Waals surface area contributed by atoms with Crippen LogP contribution in [-0.2, 0) is 6.61 Å². The van der Waals surface area contributed by atoms with Crippen molar-refractivity contribution in [2.75, 3.05) is 0 Å². The number of aromatic nitrogens is 2. The minimum absolute atomic E-state index is 0.0968. The molecule has 0 N–H and O–H groups in total.